The van der Waals surface area contributed by atoms with Crippen LogP contribution in [0, 0.1) is 17.8 Å². The summed E-state index contributed by atoms with van der Waals surface area (Å²) in [7, 11) is 0. The van der Waals surface area contributed by atoms with Gasteiger partial charge in [0.25, 0.3) is 0 Å². The number of amides is 1. The Bertz CT molecular complexity index is 382. The molecule has 0 aromatic carbocycles. The topological polar surface area (TPSA) is 66.4 Å². The number of carbonyl (C=O) groups is 2. The molecular formula is C14H22F3NO3. The maximum absolute atomic E-state index is 12.7. The van der Waals surface area contributed by atoms with E-state index in [-0.39, 0.29) is 25.2 Å². The van der Waals surface area contributed by atoms with E-state index < -0.39 is 35.9 Å². The molecule has 2 N–H and O–H groups in total. The summed E-state index contributed by atoms with van der Waals surface area (Å²) in [4.78, 5) is 23.1. The van der Waals surface area contributed by atoms with Gasteiger partial charge in [-0.05, 0) is 31.6 Å². The van der Waals surface area contributed by atoms with Crippen molar-refractivity contribution in [1.29, 1.82) is 0 Å². The van der Waals surface area contributed by atoms with Crippen LogP contribution in [0.1, 0.15) is 46.0 Å². The lowest BCUT2D eigenvalue weighted by Gasteiger charge is -2.30. The van der Waals surface area contributed by atoms with Gasteiger partial charge in [0.05, 0.1) is 5.92 Å². The normalized spacial score (nSPS) is 24.7. The summed E-state index contributed by atoms with van der Waals surface area (Å²) in [5.74, 6) is -3.87. The van der Waals surface area contributed by atoms with Crippen LogP contribution in [0.5, 0.6) is 0 Å². The lowest BCUT2D eigenvalue weighted by atomic mass is 9.80. The van der Waals surface area contributed by atoms with Crippen molar-refractivity contribution in [3.63, 3.8) is 0 Å². The number of carboxylic acid groups (broad SMARTS) is 1. The molecule has 0 heterocycles. The molecule has 1 saturated carbocycles. The summed E-state index contributed by atoms with van der Waals surface area (Å²) in [6.07, 6.45) is -3.51. The Morgan fingerprint density at radius 3 is 2.38 bits per heavy atom. The summed E-state index contributed by atoms with van der Waals surface area (Å²) in [6, 6.07) is -1.04. The minimum absolute atomic E-state index is 0.0433. The SMILES string of the molecule is CC(C)C[C@@H](NC(=O)[C@H]1CCC[C@@H](C(F)(F)F)C1)C(=O)O. The van der Waals surface area contributed by atoms with Crippen LogP contribution in [0.15, 0.2) is 0 Å². The maximum Gasteiger partial charge on any atom is 0.391 e. The highest BCUT2D eigenvalue weighted by atomic mass is 19.4. The molecule has 0 aromatic heterocycles. The molecule has 7 heteroatoms. The first-order valence-corrected chi connectivity index (χ1v) is 7.21. The highest BCUT2D eigenvalue weighted by Crippen LogP contribution is 2.39. The van der Waals surface area contributed by atoms with Gasteiger partial charge in [0.2, 0.25) is 5.91 Å². The van der Waals surface area contributed by atoms with Crippen molar-refractivity contribution in [3.8, 4) is 0 Å². The average Bonchev–Trinajstić information content (AvgIpc) is 2.36. The third-order valence-corrected chi connectivity index (χ3v) is 3.83. The minimum atomic E-state index is -4.29. The number of aliphatic carboxylic acids is 1. The average molecular weight is 309 g/mol. The van der Waals surface area contributed by atoms with E-state index in [1.165, 1.54) is 0 Å². The molecule has 1 rings (SSSR count). The molecule has 0 spiro atoms. The van der Waals surface area contributed by atoms with E-state index in [4.69, 9.17) is 5.11 Å². The molecule has 0 aliphatic heterocycles. The molecule has 0 bridgehead atoms. The van der Waals surface area contributed by atoms with Crippen molar-refractivity contribution in [1.82, 2.24) is 5.32 Å². The molecule has 122 valence electrons. The van der Waals surface area contributed by atoms with Crippen molar-refractivity contribution in [2.75, 3.05) is 0 Å². The minimum Gasteiger partial charge on any atom is -0.480 e. The van der Waals surface area contributed by atoms with Gasteiger partial charge in [-0.3, -0.25) is 4.79 Å². The van der Waals surface area contributed by atoms with Gasteiger partial charge in [-0.2, -0.15) is 13.2 Å². The van der Waals surface area contributed by atoms with E-state index in [0.717, 1.165) is 0 Å². The number of halogens is 3. The Morgan fingerprint density at radius 1 is 1.29 bits per heavy atom. The highest BCUT2D eigenvalue weighted by molar-refractivity contribution is 5.85. The molecule has 1 amide bonds. The zero-order valence-electron chi connectivity index (χ0n) is 12.2. The van der Waals surface area contributed by atoms with Crippen LogP contribution in [0.3, 0.4) is 0 Å². The quantitative estimate of drug-likeness (QED) is 0.820. The van der Waals surface area contributed by atoms with Gasteiger partial charge in [0, 0.05) is 5.92 Å². The van der Waals surface area contributed by atoms with Crippen molar-refractivity contribution in [3.05, 3.63) is 0 Å². The molecule has 0 saturated heterocycles. The van der Waals surface area contributed by atoms with E-state index in [1.54, 1.807) is 0 Å². The van der Waals surface area contributed by atoms with Gasteiger partial charge in [-0.1, -0.05) is 20.3 Å². The number of carbonyl (C=O) groups excluding carboxylic acids is 1. The number of alkyl halides is 3. The Hall–Kier alpha value is -1.27. The van der Waals surface area contributed by atoms with Gasteiger partial charge >= 0.3 is 12.1 Å². The van der Waals surface area contributed by atoms with Gasteiger partial charge in [-0.25, -0.2) is 4.79 Å². The predicted octanol–water partition coefficient (Wildman–Crippen LogP) is 2.97. The molecule has 0 radical (unpaired) electrons. The lowest BCUT2D eigenvalue weighted by Crippen LogP contribution is -2.46. The summed E-state index contributed by atoms with van der Waals surface area (Å²) < 4.78 is 38.1. The standard InChI is InChI=1S/C14H22F3NO3/c1-8(2)6-11(13(20)21)18-12(19)9-4-3-5-10(7-9)14(15,16)17/h8-11H,3-7H2,1-2H3,(H,18,19)(H,20,21)/t9-,10+,11+/m0/s1. The summed E-state index contributed by atoms with van der Waals surface area (Å²) in [5, 5.41) is 11.4. The number of rotatable bonds is 5. The van der Waals surface area contributed by atoms with Crippen molar-refractivity contribution >= 4 is 11.9 Å². The third kappa shape index (κ3) is 5.55. The molecule has 0 unspecified atom stereocenters. The van der Waals surface area contributed by atoms with E-state index in [0.29, 0.717) is 12.8 Å². The van der Waals surface area contributed by atoms with Gasteiger partial charge < -0.3 is 10.4 Å². The van der Waals surface area contributed by atoms with Gasteiger partial charge in [0.15, 0.2) is 0 Å². The molecule has 21 heavy (non-hydrogen) atoms. The molecular weight excluding hydrogens is 287 g/mol. The Labute approximate surface area is 122 Å². The number of carboxylic acids is 1. The third-order valence-electron chi connectivity index (χ3n) is 3.83. The Morgan fingerprint density at radius 2 is 1.90 bits per heavy atom. The van der Waals surface area contributed by atoms with Crippen molar-refractivity contribution in [2.45, 2.75) is 58.2 Å². The Kier molecular flexibility index (Phi) is 6.04. The fraction of sp³-hybridized carbons (Fsp3) is 0.857. The molecule has 4 nitrogen and oxygen atoms in total. The molecule has 1 fully saturated rings. The lowest BCUT2D eigenvalue weighted by molar-refractivity contribution is -0.186. The zero-order valence-corrected chi connectivity index (χ0v) is 12.2. The first kappa shape index (κ1) is 17.8. The smallest absolute Gasteiger partial charge is 0.391 e. The van der Waals surface area contributed by atoms with Gasteiger partial charge in [0.1, 0.15) is 6.04 Å². The van der Waals surface area contributed by atoms with Crippen LogP contribution in [0.2, 0.25) is 0 Å². The van der Waals surface area contributed by atoms with Crippen LogP contribution < -0.4 is 5.32 Å². The maximum atomic E-state index is 12.7. The first-order chi connectivity index (χ1) is 9.61. The first-order valence-electron chi connectivity index (χ1n) is 7.21. The van der Waals surface area contributed by atoms with E-state index in [2.05, 4.69) is 5.32 Å². The monoisotopic (exact) mass is 309 g/mol. The largest absolute Gasteiger partial charge is 0.480 e. The summed E-state index contributed by atoms with van der Waals surface area (Å²) >= 11 is 0. The number of hydrogen-bond donors (Lipinski definition) is 2. The van der Waals surface area contributed by atoms with Crippen LogP contribution in [-0.4, -0.2) is 29.2 Å². The van der Waals surface area contributed by atoms with Crippen LogP contribution in [0.4, 0.5) is 13.2 Å². The van der Waals surface area contributed by atoms with E-state index in [9.17, 15) is 22.8 Å². The molecule has 1 aliphatic carbocycles. The van der Waals surface area contributed by atoms with E-state index >= 15 is 0 Å². The highest BCUT2D eigenvalue weighted by Gasteiger charge is 2.43. The summed E-state index contributed by atoms with van der Waals surface area (Å²) in [5.41, 5.74) is 0. The van der Waals surface area contributed by atoms with Crippen LogP contribution >= 0.6 is 0 Å². The number of hydrogen-bond acceptors (Lipinski definition) is 2. The van der Waals surface area contributed by atoms with Crippen molar-refractivity contribution in [2.24, 2.45) is 17.8 Å². The molecule has 0 aromatic rings. The fourth-order valence-corrected chi connectivity index (χ4v) is 2.71. The second kappa shape index (κ2) is 7.13. The molecule has 3 atom stereocenters. The van der Waals surface area contributed by atoms with Gasteiger partial charge in [-0.15, -0.1) is 0 Å². The Balaban J connectivity index is 2.63. The van der Waals surface area contributed by atoms with Crippen LogP contribution in [-0.2, 0) is 9.59 Å². The van der Waals surface area contributed by atoms with Crippen molar-refractivity contribution < 1.29 is 27.9 Å². The zero-order chi connectivity index (χ0) is 16.2. The second-order valence-corrected chi connectivity index (χ2v) is 6.13. The number of nitrogens with one attached hydrogen (secondary N) is 1. The van der Waals surface area contributed by atoms with E-state index in [1.807, 2.05) is 13.8 Å². The predicted molar refractivity (Wildman–Crippen MR) is 70.5 cm³/mol. The van der Waals surface area contributed by atoms with Crippen LogP contribution in [0.25, 0.3) is 0 Å². The second-order valence-electron chi connectivity index (χ2n) is 6.13. The summed E-state index contributed by atoms with van der Waals surface area (Å²) in [6.45, 7) is 3.64. The fourth-order valence-electron chi connectivity index (χ4n) is 2.71. The molecule has 1 aliphatic rings.